The summed E-state index contributed by atoms with van der Waals surface area (Å²) < 4.78 is 0. The van der Waals surface area contributed by atoms with Crippen LogP contribution < -0.4 is 0 Å². The minimum atomic E-state index is -1.40. The smallest absolute Gasteiger partial charge is 0.105 e. The molecule has 0 aromatic heterocycles. The van der Waals surface area contributed by atoms with Gasteiger partial charge in [0.15, 0.2) is 0 Å². The van der Waals surface area contributed by atoms with Gasteiger partial charge in [-0.05, 0) is 28.2 Å². The fourth-order valence-corrected chi connectivity index (χ4v) is 7.71. The lowest BCUT2D eigenvalue weighted by Gasteiger charge is -2.44. The van der Waals surface area contributed by atoms with Gasteiger partial charge < -0.3 is 20.4 Å². The zero-order valence-electron chi connectivity index (χ0n) is 9.72. The van der Waals surface area contributed by atoms with Gasteiger partial charge in [-0.15, -0.1) is 0 Å². The summed E-state index contributed by atoms with van der Waals surface area (Å²) >= 11 is 0. The fraction of sp³-hybridized carbons (Fsp3) is 0.800. The van der Waals surface area contributed by atoms with Gasteiger partial charge >= 0.3 is 0 Å². The minimum absolute atomic E-state index is 0.176. The summed E-state index contributed by atoms with van der Waals surface area (Å²) in [5, 5.41) is 56.8. The third-order valence-electron chi connectivity index (χ3n) is 2.86. The second-order valence-corrected chi connectivity index (χ2v) is 9.01. The first-order valence-electron chi connectivity index (χ1n) is 5.52. The van der Waals surface area contributed by atoms with E-state index in [-0.39, 0.29) is 12.8 Å². The Labute approximate surface area is 108 Å². The molecule has 1 aliphatic rings. The maximum atomic E-state index is 9.95. The molecule has 1 rings (SSSR count). The van der Waals surface area contributed by atoms with E-state index in [0.717, 1.165) is 0 Å². The first kappa shape index (κ1) is 15.7. The zero-order valence-corrected chi connectivity index (χ0v) is 11.5. The summed E-state index contributed by atoms with van der Waals surface area (Å²) in [6.45, 7) is 0. The highest BCUT2D eigenvalue weighted by molar-refractivity contribution is 7.66. The Kier molecular flexibility index (Phi) is 6.39. The van der Waals surface area contributed by atoms with Gasteiger partial charge in [-0.25, -0.2) is 0 Å². The molecule has 4 N–H and O–H groups in total. The molecule has 0 amide bonds. The molecule has 1 saturated heterocycles. The molecule has 0 aromatic rings. The van der Waals surface area contributed by atoms with Gasteiger partial charge in [-0.2, -0.15) is 10.5 Å². The Morgan fingerprint density at radius 2 is 1.00 bits per heavy atom. The Balaban J connectivity index is 2.76. The predicted octanol–water partition coefficient (Wildman–Crippen LogP) is 0.0648. The molecule has 0 aromatic carbocycles. The molecule has 18 heavy (non-hydrogen) atoms. The molecule has 1 aliphatic heterocycles. The third kappa shape index (κ3) is 3.37. The molecule has 4 atom stereocenters. The number of rotatable bonds is 4. The molecule has 0 bridgehead atoms. The van der Waals surface area contributed by atoms with Crippen molar-refractivity contribution in [3.05, 3.63) is 0 Å². The molecule has 0 spiro atoms. The van der Waals surface area contributed by atoms with E-state index >= 15 is 0 Å². The Morgan fingerprint density at radius 3 is 1.22 bits per heavy atom. The number of aliphatic hydroxyl groups is 4. The highest BCUT2D eigenvalue weighted by atomic mass is 31.1. The van der Waals surface area contributed by atoms with Gasteiger partial charge in [0.25, 0.3) is 0 Å². The average molecular weight is 290 g/mol. The van der Waals surface area contributed by atoms with Crippen LogP contribution in [0.15, 0.2) is 0 Å². The molecule has 1 heterocycles. The lowest BCUT2D eigenvalue weighted by molar-refractivity contribution is 0.0782. The molecule has 0 radical (unpaired) electrons. The van der Waals surface area contributed by atoms with E-state index < -0.39 is 39.2 Å². The van der Waals surface area contributed by atoms with Crippen molar-refractivity contribution in [3.8, 4) is 12.1 Å². The number of aliphatic hydroxyl groups excluding tert-OH is 4. The van der Waals surface area contributed by atoms with E-state index in [9.17, 15) is 20.4 Å². The average Bonchev–Trinajstić information content (AvgIpc) is 2.37. The van der Waals surface area contributed by atoms with Crippen molar-refractivity contribution >= 4 is 15.8 Å². The van der Waals surface area contributed by atoms with Crippen LogP contribution in [0.3, 0.4) is 0 Å². The summed E-state index contributed by atoms with van der Waals surface area (Å²) in [4.78, 5) is 0. The zero-order chi connectivity index (χ0) is 13.7. The van der Waals surface area contributed by atoms with E-state index in [1.54, 1.807) is 0 Å². The van der Waals surface area contributed by atoms with Gasteiger partial charge in [-0.3, -0.25) is 0 Å². The van der Waals surface area contributed by atoms with Gasteiger partial charge in [0.2, 0.25) is 0 Å². The maximum Gasteiger partial charge on any atom is 0.105 e. The number of nitriles is 2. The molecule has 8 heteroatoms. The molecular formula is C10H16N2O4P2. The normalized spacial score (nSPS) is 39.9. The Hall–Kier alpha value is -0.320. The van der Waals surface area contributed by atoms with Gasteiger partial charge in [0, 0.05) is 12.8 Å². The number of nitrogens with zero attached hydrogens (tertiary/aromatic N) is 2. The van der Waals surface area contributed by atoms with Crippen molar-refractivity contribution in [2.45, 2.75) is 36.2 Å². The standard InChI is InChI=1S/C10H16N2O4P2/c11-3-1-5-17-7(13)9(15)18(6-2-4-12)10(16)8(17)14/h7-10,13-16H,1-2,5-6H2. The molecule has 4 unspecified atom stereocenters. The largest absolute Gasteiger partial charge is 0.385 e. The van der Waals surface area contributed by atoms with E-state index in [2.05, 4.69) is 0 Å². The highest BCUT2D eigenvalue weighted by Crippen LogP contribution is 2.64. The molecular weight excluding hydrogens is 274 g/mol. The van der Waals surface area contributed by atoms with Crippen molar-refractivity contribution in [1.82, 2.24) is 0 Å². The minimum Gasteiger partial charge on any atom is -0.385 e. The third-order valence-corrected chi connectivity index (χ3v) is 8.65. The van der Waals surface area contributed by atoms with Crippen molar-refractivity contribution in [3.63, 3.8) is 0 Å². The van der Waals surface area contributed by atoms with Crippen LogP contribution in [-0.2, 0) is 0 Å². The first-order chi connectivity index (χ1) is 8.54. The molecule has 0 saturated carbocycles. The van der Waals surface area contributed by atoms with Crippen LogP contribution in [0.1, 0.15) is 12.8 Å². The lowest BCUT2D eigenvalue weighted by atomic mass is 10.6. The maximum absolute atomic E-state index is 9.95. The van der Waals surface area contributed by atoms with E-state index in [0.29, 0.717) is 12.3 Å². The number of hydrogen-bond acceptors (Lipinski definition) is 6. The lowest BCUT2D eigenvalue weighted by Crippen LogP contribution is -2.41. The predicted molar refractivity (Wildman–Crippen MR) is 68.1 cm³/mol. The summed E-state index contributed by atoms with van der Waals surface area (Å²) in [6, 6.07) is 3.85. The summed E-state index contributed by atoms with van der Waals surface area (Å²) in [6.07, 6.45) is 0.943. The van der Waals surface area contributed by atoms with Crippen LogP contribution in [0.5, 0.6) is 0 Å². The van der Waals surface area contributed by atoms with Crippen LogP contribution in [0.2, 0.25) is 0 Å². The van der Waals surface area contributed by atoms with Gasteiger partial charge in [0.05, 0.1) is 12.1 Å². The summed E-state index contributed by atoms with van der Waals surface area (Å²) in [5.41, 5.74) is 0. The van der Waals surface area contributed by atoms with Crippen molar-refractivity contribution < 1.29 is 20.4 Å². The van der Waals surface area contributed by atoms with Crippen LogP contribution in [-0.4, -0.2) is 56.1 Å². The van der Waals surface area contributed by atoms with Crippen LogP contribution in [0.4, 0.5) is 0 Å². The van der Waals surface area contributed by atoms with E-state index in [1.165, 1.54) is 0 Å². The fourth-order valence-electron chi connectivity index (χ4n) is 1.89. The molecule has 100 valence electrons. The Morgan fingerprint density at radius 1 is 0.722 bits per heavy atom. The summed E-state index contributed by atoms with van der Waals surface area (Å²) in [7, 11) is -2.80. The van der Waals surface area contributed by atoms with Gasteiger partial charge in [-0.1, -0.05) is 0 Å². The second-order valence-electron chi connectivity index (χ2n) is 3.95. The summed E-state index contributed by atoms with van der Waals surface area (Å²) in [5.74, 6) is -4.35. The van der Waals surface area contributed by atoms with Crippen LogP contribution in [0.25, 0.3) is 0 Å². The second kappa shape index (κ2) is 7.31. The molecule has 0 aliphatic carbocycles. The van der Waals surface area contributed by atoms with Crippen molar-refractivity contribution in [2.24, 2.45) is 0 Å². The highest BCUT2D eigenvalue weighted by Gasteiger charge is 2.47. The SMILES string of the molecule is N#CCCP1C(O)C(O)P(CCC#N)C(O)C1O. The van der Waals surface area contributed by atoms with Crippen molar-refractivity contribution in [2.75, 3.05) is 12.3 Å². The van der Waals surface area contributed by atoms with Gasteiger partial charge in [0.1, 0.15) is 23.4 Å². The monoisotopic (exact) mass is 290 g/mol. The Bertz CT molecular complexity index is 307. The van der Waals surface area contributed by atoms with Crippen LogP contribution >= 0.6 is 15.8 Å². The van der Waals surface area contributed by atoms with Crippen molar-refractivity contribution in [1.29, 1.82) is 10.5 Å². The van der Waals surface area contributed by atoms with E-state index in [4.69, 9.17) is 10.5 Å². The van der Waals surface area contributed by atoms with E-state index in [1.807, 2.05) is 12.1 Å². The molecule has 1 fully saturated rings. The molecule has 6 nitrogen and oxygen atoms in total. The topological polar surface area (TPSA) is 128 Å². The first-order valence-corrected chi connectivity index (χ1v) is 8.85. The van der Waals surface area contributed by atoms with Crippen LogP contribution in [0, 0.1) is 22.7 Å². The number of hydrogen-bond donors (Lipinski definition) is 4. The quantitative estimate of drug-likeness (QED) is 0.542.